The van der Waals surface area contributed by atoms with E-state index in [0.29, 0.717) is 25.3 Å². The van der Waals surface area contributed by atoms with Gasteiger partial charge in [-0.15, -0.1) is 0 Å². The van der Waals surface area contributed by atoms with Crippen molar-refractivity contribution in [2.75, 3.05) is 6.54 Å². The second-order valence-electron chi connectivity index (χ2n) is 8.68. The number of urea groups is 1. The maximum absolute atomic E-state index is 12.9. The molecular weight excluding hydrogens is 344 g/mol. The van der Waals surface area contributed by atoms with E-state index < -0.39 is 11.6 Å². The Bertz CT molecular complexity index is 718. The van der Waals surface area contributed by atoms with Gasteiger partial charge < -0.3 is 10.6 Å². The van der Waals surface area contributed by atoms with Gasteiger partial charge in [0.2, 0.25) is 5.91 Å². The molecule has 2 N–H and O–H groups in total. The second-order valence-corrected chi connectivity index (χ2v) is 8.68. The molecule has 1 aliphatic carbocycles. The summed E-state index contributed by atoms with van der Waals surface area (Å²) >= 11 is 0. The largest absolute Gasteiger partial charge is 0.350 e. The Morgan fingerprint density at radius 2 is 2.04 bits per heavy atom. The quantitative estimate of drug-likeness (QED) is 0.793. The fourth-order valence-corrected chi connectivity index (χ4v) is 4.04. The zero-order valence-electron chi connectivity index (χ0n) is 16.2. The van der Waals surface area contributed by atoms with Crippen molar-refractivity contribution < 1.29 is 14.4 Å². The number of carbonyl (C=O) groups is 3. The number of pyridine rings is 1. The minimum absolute atomic E-state index is 0.194. The van der Waals surface area contributed by atoms with Crippen LogP contribution in [0, 0.1) is 11.3 Å². The highest BCUT2D eigenvalue weighted by atomic mass is 16.2. The van der Waals surface area contributed by atoms with Crippen molar-refractivity contribution in [1.29, 1.82) is 0 Å². The molecule has 1 saturated heterocycles. The lowest BCUT2D eigenvalue weighted by Gasteiger charge is -2.40. The van der Waals surface area contributed by atoms with Gasteiger partial charge in [0, 0.05) is 18.9 Å². The highest BCUT2D eigenvalue weighted by Crippen LogP contribution is 2.43. The SMILES string of the molecule is CC(C)(C)C1CCC2(CC1)NC(=O)N(CC(=O)NCc1cccnc1)C2=O. The highest BCUT2D eigenvalue weighted by molar-refractivity contribution is 6.09. The van der Waals surface area contributed by atoms with Crippen molar-refractivity contribution in [3.05, 3.63) is 30.1 Å². The van der Waals surface area contributed by atoms with Gasteiger partial charge in [-0.05, 0) is 48.6 Å². The fraction of sp³-hybridized carbons (Fsp3) is 0.600. The average Bonchev–Trinajstić information content (AvgIpc) is 2.85. The van der Waals surface area contributed by atoms with E-state index in [0.717, 1.165) is 23.3 Å². The Labute approximate surface area is 159 Å². The smallest absolute Gasteiger partial charge is 0.325 e. The monoisotopic (exact) mass is 372 g/mol. The Morgan fingerprint density at radius 1 is 1.33 bits per heavy atom. The summed E-state index contributed by atoms with van der Waals surface area (Å²) in [5.74, 6) is -0.0937. The molecule has 0 radical (unpaired) electrons. The predicted octanol–water partition coefficient (Wildman–Crippen LogP) is 2.22. The van der Waals surface area contributed by atoms with Gasteiger partial charge in [-0.25, -0.2) is 4.79 Å². The van der Waals surface area contributed by atoms with Crippen LogP contribution in [0.25, 0.3) is 0 Å². The van der Waals surface area contributed by atoms with Crippen LogP contribution in [0.2, 0.25) is 0 Å². The number of aromatic nitrogens is 1. The van der Waals surface area contributed by atoms with Gasteiger partial charge in [0.05, 0.1) is 0 Å². The van der Waals surface area contributed by atoms with Gasteiger partial charge in [0.15, 0.2) is 0 Å². The Balaban J connectivity index is 1.57. The van der Waals surface area contributed by atoms with Crippen molar-refractivity contribution in [3.63, 3.8) is 0 Å². The lowest BCUT2D eigenvalue weighted by atomic mass is 9.67. The van der Waals surface area contributed by atoms with Crippen LogP contribution in [0.3, 0.4) is 0 Å². The first kappa shape index (κ1) is 19.3. The van der Waals surface area contributed by atoms with E-state index in [-0.39, 0.29) is 23.8 Å². The molecule has 0 atom stereocenters. The van der Waals surface area contributed by atoms with E-state index in [1.54, 1.807) is 18.5 Å². The maximum Gasteiger partial charge on any atom is 0.325 e. The van der Waals surface area contributed by atoms with Crippen LogP contribution in [0.4, 0.5) is 4.79 Å². The summed E-state index contributed by atoms with van der Waals surface area (Å²) in [4.78, 5) is 42.5. The summed E-state index contributed by atoms with van der Waals surface area (Å²) in [6.45, 7) is 6.70. The fourth-order valence-electron chi connectivity index (χ4n) is 4.04. The Morgan fingerprint density at radius 3 is 2.63 bits per heavy atom. The first-order valence-corrected chi connectivity index (χ1v) is 9.51. The summed E-state index contributed by atoms with van der Waals surface area (Å²) in [5.41, 5.74) is 0.224. The Kier molecular flexibility index (Phi) is 5.22. The molecule has 1 spiro atoms. The normalized spacial score (nSPS) is 25.6. The number of nitrogens with one attached hydrogen (secondary N) is 2. The van der Waals surface area contributed by atoms with Gasteiger partial charge >= 0.3 is 6.03 Å². The number of nitrogens with zero attached hydrogens (tertiary/aromatic N) is 2. The summed E-state index contributed by atoms with van der Waals surface area (Å²) in [6, 6.07) is 3.17. The molecule has 2 fully saturated rings. The van der Waals surface area contributed by atoms with Gasteiger partial charge in [0.25, 0.3) is 5.91 Å². The average molecular weight is 372 g/mol. The lowest BCUT2D eigenvalue weighted by molar-refractivity contribution is -0.136. The number of amides is 4. The molecule has 3 rings (SSSR count). The molecule has 27 heavy (non-hydrogen) atoms. The van der Waals surface area contributed by atoms with Crippen molar-refractivity contribution in [2.45, 2.75) is 58.5 Å². The van der Waals surface area contributed by atoms with Crippen LogP contribution in [0.15, 0.2) is 24.5 Å². The number of hydrogen-bond donors (Lipinski definition) is 2. The molecule has 1 aliphatic heterocycles. The van der Waals surface area contributed by atoms with E-state index in [1.165, 1.54) is 0 Å². The van der Waals surface area contributed by atoms with Crippen LogP contribution in [-0.4, -0.2) is 39.8 Å². The molecule has 7 heteroatoms. The number of imide groups is 1. The van der Waals surface area contributed by atoms with Crippen molar-refractivity contribution in [3.8, 4) is 0 Å². The summed E-state index contributed by atoms with van der Waals surface area (Å²) in [7, 11) is 0. The molecule has 2 aliphatic rings. The lowest BCUT2D eigenvalue weighted by Crippen LogP contribution is -2.51. The van der Waals surface area contributed by atoms with Crippen molar-refractivity contribution in [2.24, 2.45) is 11.3 Å². The molecule has 1 aromatic heterocycles. The molecule has 2 heterocycles. The number of rotatable bonds is 4. The molecule has 4 amide bonds. The van der Waals surface area contributed by atoms with Crippen molar-refractivity contribution in [1.82, 2.24) is 20.5 Å². The van der Waals surface area contributed by atoms with E-state index in [1.807, 2.05) is 6.07 Å². The first-order chi connectivity index (χ1) is 12.7. The van der Waals surface area contributed by atoms with E-state index in [2.05, 4.69) is 36.4 Å². The maximum atomic E-state index is 12.9. The third kappa shape index (κ3) is 4.12. The minimum atomic E-state index is -0.831. The third-order valence-corrected chi connectivity index (χ3v) is 5.82. The topological polar surface area (TPSA) is 91.4 Å². The third-order valence-electron chi connectivity index (χ3n) is 5.82. The first-order valence-electron chi connectivity index (χ1n) is 9.51. The zero-order valence-corrected chi connectivity index (χ0v) is 16.2. The molecular formula is C20H28N4O3. The van der Waals surface area contributed by atoms with Crippen molar-refractivity contribution >= 4 is 17.8 Å². The molecule has 146 valence electrons. The van der Waals surface area contributed by atoms with Gasteiger partial charge in [0.1, 0.15) is 12.1 Å². The van der Waals surface area contributed by atoms with E-state index in [9.17, 15) is 14.4 Å². The highest BCUT2D eigenvalue weighted by Gasteiger charge is 2.53. The summed E-state index contributed by atoms with van der Waals surface area (Å²) < 4.78 is 0. The Hall–Kier alpha value is -2.44. The predicted molar refractivity (Wildman–Crippen MR) is 100 cm³/mol. The van der Waals surface area contributed by atoms with Crippen LogP contribution in [-0.2, 0) is 16.1 Å². The minimum Gasteiger partial charge on any atom is -0.350 e. The van der Waals surface area contributed by atoms with E-state index >= 15 is 0 Å². The molecule has 7 nitrogen and oxygen atoms in total. The number of hydrogen-bond acceptors (Lipinski definition) is 4. The summed E-state index contributed by atoms with van der Waals surface area (Å²) in [5, 5.41) is 5.60. The molecule has 0 unspecified atom stereocenters. The summed E-state index contributed by atoms with van der Waals surface area (Å²) in [6.07, 6.45) is 6.39. The molecule has 0 bridgehead atoms. The van der Waals surface area contributed by atoms with Crippen LogP contribution in [0.1, 0.15) is 52.0 Å². The number of carbonyl (C=O) groups excluding carboxylic acids is 3. The van der Waals surface area contributed by atoms with Gasteiger partial charge in [-0.2, -0.15) is 0 Å². The van der Waals surface area contributed by atoms with Gasteiger partial charge in [-0.1, -0.05) is 26.8 Å². The van der Waals surface area contributed by atoms with Crippen LogP contribution in [0.5, 0.6) is 0 Å². The molecule has 1 saturated carbocycles. The molecule has 0 aromatic carbocycles. The van der Waals surface area contributed by atoms with Crippen LogP contribution < -0.4 is 10.6 Å². The zero-order chi connectivity index (χ0) is 19.7. The van der Waals surface area contributed by atoms with E-state index in [4.69, 9.17) is 0 Å². The second kappa shape index (κ2) is 7.29. The molecule has 1 aromatic rings. The van der Waals surface area contributed by atoms with Crippen LogP contribution >= 0.6 is 0 Å². The van der Waals surface area contributed by atoms with Gasteiger partial charge in [-0.3, -0.25) is 19.5 Å². The standard InChI is InChI=1S/C20H28N4O3/c1-19(2,3)15-6-8-20(9-7-15)17(26)24(18(27)23-20)13-16(25)22-12-14-5-4-10-21-11-14/h4-5,10-11,15H,6-9,12-13H2,1-3H3,(H,22,25)(H,23,27).